The predicted molar refractivity (Wildman–Crippen MR) is 98.6 cm³/mol. The molecule has 0 saturated carbocycles. The summed E-state index contributed by atoms with van der Waals surface area (Å²) in [5.41, 5.74) is 6.07. The Bertz CT molecular complexity index is 896. The Morgan fingerprint density at radius 1 is 1.16 bits per heavy atom. The van der Waals surface area contributed by atoms with Crippen molar-refractivity contribution in [3.8, 4) is 6.07 Å². The van der Waals surface area contributed by atoms with Gasteiger partial charge in [0.1, 0.15) is 6.04 Å². The molecule has 0 spiro atoms. The summed E-state index contributed by atoms with van der Waals surface area (Å²) in [6.45, 7) is 5.62. The van der Waals surface area contributed by atoms with Crippen LogP contribution in [0.5, 0.6) is 0 Å². The lowest BCUT2D eigenvalue weighted by molar-refractivity contribution is -0.120. The van der Waals surface area contributed by atoms with Gasteiger partial charge >= 0.3 is 0 Å². The zero-order chi connectivity index (χ0) is 17.6. The van der Waals surface area contributed by atoms with Crippen LogP contribution in [0, 0.1) is 25.2 Å². The van der Waals surface area contributed by atoms with Gasteiger partial charge in [0.2, 0.25) is 5.91 Å². The molecule has 1 amide bonds. The monoisotopic (exact) mass is 331 g/mol. The van der Waals surface area contributed by atoms with Gasteiger partial charge in [0, 0.05) is 6.54 Å². The van der Waals surface area contributed by atoms with Crippen molar-refractivity contribution in [3.63, 3.8) is 0 Å². The van der Waals surface area contributed by atoms with Crippen LogP contribution in [0.4, 0.5) is 11.4 Å². The fourth-order valence-corrected chi connectivity index (χ4v) is 3.97. The highest BCUT2D eigenvalue weighted by Crippen LogP contribution is 2.41. The molecule has 2 aromatic carbocycles. The molecule has 0 aromatic heterocycles. The average Bonchev–Trinajstić information content (AvgIpc) is 3.11. The van der Waals surface area contributed by atoms with E-state index in [2.05, 4.69) is 43.0 Å². The largest absolute Gasteiger partial charge is 0.358 e. The summed E-state index contributed by atoms with van der Waals surface area (Å²) < 4.78 is 0. The van der Waals surface area contributed by atoms with Crippen molar-refractivity contribution < 1.29 is 4.79 Å². The zero-order valence-corrected chi connectivity index (χ0v) is 14.6. The summed E-state index contributed by atoms with van der Waals surface area (Å²) in [4.78, 5) is 17.3. The average molecular weight is 331 g/mol. The third kappa shape index (κ3) is 2.56. The highest BCUT2D eigenvalue weighted by atomic mass is 16.2. The number of amides is 1. The molecule has 0 unspecified atom stereocenters. The summed E-state index contributed by atoms with van der Waals surface area (Å²) >= 11 is 0. The molecule has 0 aliphatic carbocycles. The second-order valence-electron chi connectivity index (χ2n) is 7.02. The number of anilines is 2. The lowest BCUT2D eigenvalue weighted by atomic mass is 10.0. The minimum absolute atomic E-state index is 0.0643. The number of carbonyl (C=O) groups is 1. The number of fused-ring (bicyclic) bond motifs is 3. The number of hydrogen-bond acceptors (Lipinski definition) is 3. The summed E-state index contributed by atoms with van der Waals surface area (Å²) in [5, 5.41) is 9.28. The molecule has 0 N–H and O–H groups in total. The van der Waals surface area contributed by atoms with Gasteiger partial charge in [-0.1, -0.05) is 23.8 Å². The van der Waals surface area contributed by atoms with E-state index in [4.69, 9.17) is 0 Å². The minimum atomic E-state index is -0.0643. The standard InChI is InChI=1S/C21H21N3O/c1-14-5-6-15(2)17(10-14)13-24-20-11-16(12-22)7-8-18(20)23-9-3-4-19(23)21(24)25/h5-8,10-11,19H,3-4,9,13H2,1-2H3/t19-/m1/s1. The first kappa shape index (κ1) is 15.7. The number of rotatable bonds is 2. The Labute approximate surface area is 148 Å². The first-order valence-electron chi connectivity index (χ1n) is 8.77. The number of nitriles is 1. The highest BCUT2D eigenvalue weighted by Gasteiger charge is 2.40. The summed E-state index contributed by atoms with van der Waals surface area (Å²) in [6, 6.07) is 14.2. The number of benzene rings is 2. The van der Waals surface area contributed by atoms with Gasteiger partial charge in [-0.15, -0.1) is 0 Å². The van der Waals surface area contributed by atoms with Gasteiger partial charge in [0.25, 0.3) is 0 Å². The van der Waals surface area contributed by atoms with Crippen molar-refractivity contribution in [2.75, 3.05) is 16.3 Å². The van der Waals surface area contributed by atoms with E-state index in [1.165, 1.54) is 11.1 Å². The van der Waals surface area contributed by atoms with Crippen LogP contribution in [0.25, 0.3) is 0 Å². The molecular weight excluding hydrogens is 310 g/mol. The molecule has 0 bridgehead atoms. The molecule has 2 aliphatic heterocycles. The molecule has 4 rings (SSSR count). The maximum absolute atomic E-state index is 13.2. The van der Waals surface area contributed by atoms with E-state index in [9.17, 15) is 10.1 Å². The third-order valence-corrected chi connectivity index (χ3v) is 5.34. The number of carbonyl (C=O) groups excluding carboxylic acids is 1. The lowest BCUT2D eigenvalue weighted by Gasteiger charge is -2.40. The Kier molecular flexibility index (Phi) is 3.73. The maximum atomic E-state index is 13.2. The third-order valence-electron chi connectivity index (χ3n) is 5.34. The van der Waals surface area contributed by atoms with Crippen LogP contribution in [0.15, 0.2) is 36.4 Å². The summed E-state index contributed by atoms with van der Waals surface area (Å²) in [7, 11) is 0. The van der Waals surface area contributed by atoms with Crippen molar-refractivity contribution in [1.29, 1.82) is 5.26 Å². The van der Waals surface area contributed by atoms with Crippen LogP contribution >= 0.6 is 0 Å². The fourth-order valence-electron chi connectivity index (χ4n) is 3.97. The van der Waals surface area contributed by atoms with Crippen molar-refractivity contribution in [3.05, 3.63) is 58.7 Å². The van der Waals surface area contributed by atoms with Crippen molar-refractivity contribution in [2.24, 2.45) is 0 Å². The van der Waals surface area contributed by atoms with E-state index < -0.39 is 0 Å². The second-order valence-corrected chi connectivity index (χ2v) is 7.02. The van der Waals surface area contributed by atoms with Crippen LogP contribution in [0.1, 0.15) is 35.1 Å². The molecule has 4 nitrogen and oxygen atoms in total. The molecule has 1 fully saturated rings. The Morgan fingerprint density at radius 2 is 2.00 bits per heavy atom. The molecule has 1 saturated heterocycles. The zero-order valence-electron chi connectivity index (χ0n) is 14.6. The fraction of sp³-hybridized carbons (Fsp3) is 0.333. The second kappa shape index (κ2) is 5.93. The molecular formula is C21H21N3O. The summed E-state index contributed by atoms with van der Waals surface area (Å²) in [6.07, 6.45) is 1.94. The van der Waals surface area contributed by atoms with Crippen molar-refractivity contribution >= 4 is 17.3 Å². The Hall–Kier alpha value is -2.80. The van der Waals surface area contributed by atoms with Gasteiger partial charge in [-0.3, -0.25) is 4.79 Å². The molecule has 126 valence electrons. The van der Waals surface area contributed by atoms with E-state index in [1.807, 2.05) is 23.1 Å². The van der Waals surface area contributed by atoms with Crippen molar-refractivity contribution in [2.45, 2.75) is 39.3 Å². The molecule has 2 aliphatic rings. The van der Waals surface area contributed by atoms with Crippen LogP contribution in [-0.2, 0) is 11.3 Å². The molecule has 2 heterocycles. The van der Waals surface area contributed by atoms with Crippen molar-refractivity contribution in [1.82, 2.24) is 0 Å². The van der Waals surface area contributed by atoms with E-state index in [0.29, 0.717) is 12.1 Å². The van der Waals surface area contributed by atoms with Gasteiger partial charge in [0.05, 0.1) is 29.6 Å². The van der Waals surface area contributed by atoms with E-state index in [0.717, 1.165) is 36.3 Å². The molecule has 4 heteroatoms. The smallest absolute Gasteiger partial charge is 0.250 e. The molecule has 1 atom stereocenters. The van der Waals surface area contributed by atoms with Crippen LogP contribution in [0.2, 0.25) is 0 Å². The SMILES string of the molecule is Cc1ccc(C)c(CN2C(=O)[C@H]3CCCN3c3ccc(C#N)cc32)c1. The number of hydrogen-bond donors (Lipinski definition) is 0. The highest BCUT2D eigenvalue weighted by molar-refractivity contribution is 6.06. The maximum Gasteiger partial charge on any atom is 0.250 e. The molecule has 25 heavy (non-hydrogen) atoms. The lowest BCUT2D eigenvalue weighted by Crippen LogP contribution is -2.50. The van der Waals surface area contributed by atoms with Crippen LogP contribution in [0.3, 0.4) is 0 Å². The van der Waals surface area contributed by atoms with E-state index >= 15 is 0 Å². The predicted octanol–water partition coefficient (Wildman–Crippen LogP) is 3.69. The van der Waals surface area contributed by atoms with Gasteiger partial charge < -0.3 is 9.80 Å². The quantitative estimate of drug-likeness (QED) is 0.843. The van der Waals surface area contributed by atoms with Crippen LogP contribution in [-0.4, -0.2) is 18.5 Å². The van der Waals surface area contributed by atoms with E-state index in [1.54, 1.807) is 0 Å². The summed E-state index contributed by atoms with van der Waals surface area (Å²) in [5.74, 6) is 0.154. The van der Waals surface area contributed by atoms with Gasteiger partial charge in [-0.25, -0.2) is 0 Å². The van der Waals surface area contributed by atoms with Crippen LogP contribution < -0.4 is 9.80 Å². The van der Waals surface area contributed by atoms with Gasteiger partial charge in [-0.05, 0) is 56.0 Å². The number of aryl methyl sites for hydroxylation is 2. The Morgan fingerprint density at radius 3 is 2.80 bits per heavy atom. The van der Waals surface area contributed by atoms with Gasteiger partial charge in [0.15, 0.2) is 0 Å². The van der Waals surface area contributed by atoms with Gasteiger partial charge in [-0.2, -0.15) is 5.26 Å². The van der Waals surface area contributed by atoms with E-state index in [-0.39, 0.29) is 11.9 Å². The number of nitrogens with zero attached hydrogens (tertiary/aromatic N) is 3. The molecule has 0 radical (unpaired) electrons. The minimum Gasteiger partial charge on any atom is -0.358 e. The first-order valence-corrected chi connectivity index (χ1v) is 8.77. The first-order chi connectivity index (χ1) is 12.1. The molecule has 2 aromatic rings. The normalized spacial score (nSPS) is 18.8. The Balaban J connectivity index is 1.81. The topological polar surface area (TPSA) is 47.3 Å².